The van der Waals surface area contributed by atoms with Crippen LogP contribution in [0.5, 0.6) is 0 Å². The van der Waals surface area contributed by atoms with Gasteiger partial charge in [0, 0.05) is 30.8 Å². The minimum absolute atomic E-state index is 0.247. The fraction of sp³-hybridized carbons (Fsp3) is 0.714. The molecule has 4 nitrogen and oxygen atoms in total. The molecule has 5 heteroatoms. The largest absolute Gasteiger partial charge is 0.378 e. The molecule has 0 radical (unpaired) electrons. The van der Waals surface area contributed by atoms with Crippen molar-refractivity contribution in [2.75, 3.05) is 26.3 Å². The molecule has 1 saturated heterocycles. The molecular weight excluding hydrogens is 260 g/mol. The van der Waals surface area contributed by atoms with E-state index in [4.69, 9.17) is 9.72 Å². The number of carbonyl (C=O) groups is 1. The van der Waals surface area contributed by atoms with Crippen molar-refractivity contribution in [2.24, 2.45) is 0 Å². The Balaban J connectivity index is 1.53. The topological polar surface area (TPSA) is 42.4 Å². The summed E-state index contributed by atoms with van der Waals surface area (Å²) >= 11 is 1.82. The van der Waals surface area contributed by atoms with Gasteiger partial charge < -0.3 is 9.64 Å². The molecular formula is C14H20N2O2S. The number of rotatable bonds is 3. The van der Waals surface area contributed by atoms with Crippen LogP contribution in [0, 0.1) is 0 Å². The van der Waals surface area contributed by atoms with Crippen molar-refractivity contribution >= 4 is 17.2 Å². The van der Waals surface area contributed by atoms with E-state index in [0.29, 0.717) is 19.6 Å². The minimum Gasteiger partial charge on any atom is -0.378 e. The lowest BCUT2D eigenvalue weighted by molar-refractivity contribution is -0.135. The number of aromatic nitrogens is 1. The molecule has 3 rings (SSSR count). The van der Waals surface area contributed by atoms with Gasteiger partial charge in [0.05, 0.1) is 23.9 Å². The molecule has 1 fully saturated rings. The zero-order valence-electron chi connectivity index (χ0n) is 11.2. The van der Waals surface area contributed by atoms with Gasteiger partial charge in [-0.25, -0.2) is 4.98 Å². The number of hydrogen-bond acceptors (Lipinski definition) is 4. The van der Waals surface area contributed by atoms with Crippen LogP contribution < -0.4 is 0 Å². The summed E-state index contributed by atoms with van der Waals surface area (Å²) in [7, 11) is 0. The molecule has 0 N–H and O–H groups in total. The molecule has 1 aliphatic heterocycles. The maximum Gasteiger partial charge on any atom is 0.223 e. The fourth-order valence-corrected chi connectivity index (χ4v) is 3.85. The summed E-state index contributed by atoms with van der Waals surface area (Å²) in [5.41, 5.74) is 1.30. The van der Waals surface area contributed by atoms with Crippen LogP contribution in [0.2, 0.25) is 0 Å². The zero-order valence-corrected chi connectivity index (χ0v) is 12.0. The van der Waals surface area contributed by atoms with E-state index in [1.54, 1.807) is 0 Å². The SMILES string of the molecule is O=C(CCc1nc2c(s1)CCCC2)N1CCOCC1. The summed E-state index contributed by atoms with van der Waals surface area (Å²) in [5, 5.41) is 1.15. The van der Waals surface area contributed by atoms with Crippen molar-refractivity contribution in [1.29, 1.82) is 0 Å². The molecule has 1 aliphatic carbocycles. The number of fused-ring (bicyclic) bond motifs is 1. The highest BCUT2D eigenvalue weighted by Gasteiger charge is 2.19. The van der Waals surface area contributed by atoms with Gasteiger partial charge in [0.2, 0.25) is 5.91 Å². The summed E-state index contributed by atoms with van der Waals surface area (Å²) in [5.74, 6) is 0.247. The van der Waals surface area contributed by atoms with Crippen LogP contribution in [0.1, 0.15) is 34.8 Å². The highest BCUT2D eigenvalue weighted by atomic mass is 32.1. The first kappa shape index (κ1) is 13.1. The van der Waals surface area contributed by atoms with E-state index >= 15 is 0 Å². The zero-order chi connectivity index (χ0) is 13.1. The van der Waals surface area contributed by atoms with Crippen LogP contribution in [0.25, 0.3) is 0 Å². The maximum atomic E-state index is 12.1. The van der Waals surface area contributed by atoms with Gasteiger partial charge in [-0.05, 0) is 25.7 Å². The van der Waals surface area contributed by atoms with Crippen molar-refractivity contribution in [3.63, 3.8) is 0 Å². The third-order valence-electron chi connectivity index (χ3n) is 3.81. The Bertz CT molecular complexity index is 429. The van der Waals surface area contributed by atoms with Crippen molar-refractivity contribution in [3.8, 4) is 0 Å². The van der Waals surface area contributed by atoms with Crippen LogP contribution >= 0.6 is 11.3 Å². The summed E-state index contributed by atoms with van der Waals surface area (Å²) in [6.07, 6.45) is 6.26. The molecule has 2 aliphatic rings. The first-order valence-electron chi connectivity index (χ1n) is 7.16. The predicted octanol–water partition coefficient (Wildman–Crippen LogP) is 1.81. The van der Waals surface area contributed by atoms with E-state index < -0.39 is 0 Å². The molecule has 1 aromatic heterocycles. The highest BCUT2D eigenvalue weighted by Crippen LogP contribution is 2.27. The van der Waals surface area contributed by atoms with Crippen LogP contribution in [0.4, 0.5) is 0 Å². The van der Waals surface area contributed by atoms with E-state index in [0.717, 1.165) is 30.9 Å². The molecule has 1 aromatic rings. The number of aryl methyl sites for hydroxylation is 3. The minimum atomic E-state index is 0.247. The van der Waals surface area contributed by atoms with Gasteiger partial charge >= 0.3 is 0 Å². The lowest BCUT2D eigenvalue weighted by Crippen LogP contribution is -2.40. The van der Waals surface area contributed by atoms with E-state index in [9.17, 15) is 4.79 Å². The normalized spacial score (nSPS) is 19.3. The number of nitrogens with zero attached hydrogens (tertiary/aromatic N) is 2. The lowest BCUT2D eigenvalue weighted by Gasteiger charge is -2.26. The van der Waals surface area contributed by atoms with E-state index in [2.05, 4.69) is 0 Å². The smallest absolute Gasteiger partial charge is 0.223 e. The molecule has 0 spiro atoms. The summed E-state index contributed by atoms with van der Waals surface area (Å²) in [6, 6.07) is 0. The third kappa shape index (κ3) is 3.15. The summed E-state index contributed by atoms with van der Waals surface area (Å²) in [4.78, 5) is 20.1. The predicted molar refractivity (Wildman–Crippen MR) is 74.5 cm³/mol. The van der Waals surface area contributed by atoms with Gasteiger partial charge in [-0.1, -0.05) is 0 Å². The summed E-state index contributed by atoms with van der Waals surface area (Å²) < 4.78 is 5.26. The van der Waals surface area contributed by atoms with Crippen LogP contribution in [0.15, 0.2) is 0 Å². The van der Waals surface area contributed by atoms with Crippen molar-refractivity contribution < 1.29 is 9.53 Å². The molecule has 0 unspecified atom stereocenters. The van der Waals surface area contributed by atoms with E-state index in [1.165, 1.54) is 29.8 Å². The van der Waals surface area contributed by atoms with Crippen molar-refractivity contribution in [1.82, 2.24) is 9.88 Å². The van der Waals surface area contributed by atoms with Gasteiger partial charge in [0.15, 0.2) is 0 Å². The first-order chi connectivity index (χ1) is 9.33. The number of amides is 1. The maximum absolute atomic E-state index is 12.1. The average molecular weight is 280 g/mol. The van der Waals surface area contributed by atoms with Crippen LogP contribution in [-0.4, -0.2) is 42.1 Å². The number of hydrogen-bond donors (Lipinski definition) is 0. The quantitative estimate of drug-likeness (QED) is 0.848. The second-order valence-electron chi connectivity index (χ2n) is 5.18. The van der Waals surface area contributed by atoms with Gasteiger partial charge in [-0.2, -0.15) is 0 Å². The van der Waals surface area contributed by atoms with E-state index in [1.807, 2.05) is 16.2 Å². The molecule has 1 amide bonds. The number of thiazole rings is 1. The fourth-order valence-electron chi connectivity index (χ4n) is 2.70. The number of morpholine rings is 1. The Kier molecular flexibility index (Phi) is 4.13. The average Bonchev–Trinajstić information content (AvgIpc) is 2.88. The van der Waals surface area contributed by atoms with Gasteiger partial charge in [-0.15, -0.1) is 11.3 Å². The first-order valence-corrected chi connectivity index (χ1v) is 7.97. The monoisotopic (exact) mass is 280 g/mol. The Hall–Kier alpha value is -0.940. The van der Waals surface area contributed by atoms with Crippen molar-refractivity contribution in [2.45, 2.75) is 38.5 Å². The molecule has 104 valence electrons. The number of carbonyl (C=O) groups excluding carboxylic acids is 1. The standard InChI is InChI=1S/C14H20N2O2S/c17-14(16-7-9-18-10-8-16)6-5-13-15-11-3-1-2-4-12(11)19-13/h1-10H2. The van der Waals surface area contributed by atoms with Crippen LogP contribution in [-0.2, 0) is 28.8 Å². The Morgan fingerprint density at radius 2 is 2.05 bits per heavy atom. The Morgan fingerprint density at radius 1 is 1.26 bits per heavy atom. The van der Waals surface area contributed by atoms with Crippen LogP contribution in [0.3, 0.4) is 0 Å². The van der Waals surface area contributed by atoms with Gasteiger partial charge in [0.25, 0.3) is 0 Å². The molecule has 0 aromatic carbocycles. The molecule has 19 heavy (non-hydrogen) atoms. The van der Waals surface area contributed by atoms with E-state index in [-0.39, 0.29) is 5.91 Å². The Morgan fingerprint density at radius 3 is 2.84 bits per heavy atom. The molecule has 0 atom stereocenters. The highest BCUT2D eigenvalue weighted by molar-refractivity contribution is 7.11. The van der Waals surface area contributed by atoms with Crippen molar-refractivity contribution in [3.05, 3.63) is 15.6 Å². The number of ether oxygens (including phenoxy) is 1. The second-order valence-corrected chi connectivity index (χ2v) is 6.35. The molecule has 0 saturated carbocycles. The second kappa shape index (κ2) is 6.01. The molecule has 0 bridgehead atoms. The third-order valence-corrected chi connectivity index (χ3v) is 5.02. The van der Waals surface area contributed by atoms with Gasteiger partial charge in [-0.3, -0.25) is 4.79 Å². The van der Waals surface area contributed by atoms with Gasteiger partial charge in [0.1, 0.15) is 0 Å². The molecule has 2 heterocycles. The summed E-state index contributed by atoms with van der Waals surface area (Å²) in [6.45, 7) is 2.84. The Labute approximate surface area is 117 Å². The lowest BCUT2D eigenvalue weighted by atomic mass is 10.0.